The van der Waals surface area contributed by atoms with E-state index in [0.717, 1.165) is 0 Å². The fourth-order valence-corrected chi connectivity index (χ4v) is 2.01. The molecule has 0 heterocycles. The van der Waals surface area contributed by atoms with Crippen molar-refractivity contribution in [2.24, 2.45) is 0 Å². The van der Waals surface area contributed by atoms with E-state index in [2.05, 4.69) is 9.53 Å². The standard InChI is InChI=1S/C15H11N3O4/c1-22-15(19)14(17-16)13-5-3-2-4-12(13)10-6-8-11(9-7-10)18(20)21/h2-9H,1H3. The molecule has 0 aliphatic heterocycles. The first-order valence-electron chi connectivity index (χ1n) is 6.23. The predicted molar refractivity (Wildman–Crippen MR) is 78.3 cm³/mol. The molecule has 0 saturated carbocycles. The summed E-state index contributed by atoms with van der Waals surface area (Å²) in [5, 5.41) is 10.7. The number of nitro benzene ring substituents is 1. The molecular weight excluding hydrogens is 286 g/mol. The molecule has 2 aromatic carbocycles. The number of rotatable bonds is 4. The molecule has 0 saturated heterocycles. The Hall–Kier alpha value is -3.31. The molecule has 7 heteroatoms. The van der Waals surface area contributed by atoms with Crippen molar-refractivity contribution in [1.29, 1.82) is 0 Å². The lowest BCUT2D eigenvalue weighted by atomic mass is 9.96. The Bertz CT molecular complexity index is 778. The summed E-state index contributed by atoms with van der Waals surface area (Å²) in [6, 6.07) is 12.6. The Balaban J connectivity index is 2.55. The van der Waals surface area contributed by atoms with Crippen molar-refractivity contribution in [1.82, 2.24) is 0 Å². The van der Waals surface area contributed by atoms with Crippen molar-refractivity contribution in [2.75, 3.05) is 7.11 Å². The maximum absolute atomic E-state index is 11.7. The summed E-state index contributed by atoms with van der Waals surface area (Å²) in [4.78, 5) is 24.9. The number of esters is 1. The van der Waals surface area contributed by atoms with E-state index in [4.69, 9.17) is 5.53 Å². The number of hydrogen-bond acceptors (Lipinski definition) is 4. The molecular formula is C15H11N3O4. The van der Waals surface area contributed by atoms with Gasteiger partial charge in [-0.15, -0.1) is 0 Å². The number of nitrogens with zero attached hydrogens (tertiary/aromatic N) is 3. The normalized spacial score (nSPS) is 9.68. The second kappa shape index (κ2) is 6.43. The number of ether oxygens (including phenoxy) is 1. The van der Waals surface area contributed by atoms with Crippen molar-refractivity contribution in [3.63, 3.8) is 0 Å². The first kappa shape index (κ1) is 15.1. The summed E-state index contributed by atoms with van der Waals surface area (Å²) in [6.07, 6.45) is 0. The Morgan fingerprint density at radius 1 is 1.18 bits per heavy atom. The largest absolute Gasteiger partial charge is 0.460 e. The average Bonchev–Trinajstić information content (AvgIpc) is 2.56. The van der Waals surface area contributed by atoms with Gasteiger partial charge in [0.1, 0.15) is 0 Å². The van der Waals surface area contributed by atoms with Gasteiger partial charge in [0, 0.05) is 12.1 Å². The third kappa shape index (κ3) is 2.89. The quantitative estimate of drug-likeness (QED) is 0.216. The van der Waals surface area contributed by atoms with Crippen LogP contribution in [0.2, 0.25) is 0 Å². The molecule has 0 radical (unpaired) electrons. The second-order valence-corrected chi connectivity index (χ2v) is 4.29. The molecule has 0 spiro atoms. The number of methoxy groups -OCH3 is 1. The van der Waals surface area contributed by atoms with Gasteiger partial charge in [0.25, 0.3) is 5.69 Å². The number of non-ortho nitro benzene ring substituents is 1. The maximum atomic E-state index is 11.7. The highest BCUT2D eigenvalue weighted by atomic mass is 16.6. The lowest BCUT2D eigenvalue weighted by Gasteiger charge is -2.05. The van der Waals surface area contributed by atoms with Gasteiger partial charge < -0.3 is 10.3 Å². The minimum absolute atomic E-state index is 0.0368. The van der Waals surface area contributed by atoms with Crippen molar-refractivity contribution >= 4 is 17.4 Å². The van der Waals surface area contributed by atoms with E-state index in [0.29, 0.717) is 16.7 Å². The smallest absolute Gasteiger partial charge is 0.422 e. The molecule has 110 valence electrons. The molecule has 0 aliphatic rings. The number of hydrogen-bond donors (Lipinski definition) is 0. The van der Waals surface area contributed by atoms with E-state index in [9.17, 15) is 14.9 Å². The number of benzene rings is 2. The van der Waals surface area contributed by atoms with E-state index in [1.165, 1.54) is 19.2 Å². The molecule has 2 rings (SSSR count). The molecule has 0 aromatic heterocycles. The van der Waals surface area contributed by atoms with E-state index >= 15 is 0 Å². The topological polar surface area (TPSA) is 106 Å². The van der Waals surface area contributed by atoms with Crippen molar-refractivity contribution in [2.45, 2.75) is 0 Å². The molecule has 0 bridgehead atoms. The highest BCUT2D eigenvalue weighted by Crippen LogP contribution is 2.26. The van der Waals surface area contributed by atoms with Gasteiger partial charge in [0.15, 0.2) is 0 Å². The minimum Gasteiger partial charge on any atom is -0.460 e. The van der Waals surface area contributed by atoms with Gasteiger partial charge in [-0.1, -0.05) is 18.2 Å². The van der Waals surface area contributed by atoms with Crippen LogP contribution in [0.1, 0.15) is 5.56 Å². The fraction of sp³-hybridized carbons (Fsp3) is 0.0667. The zero-order valence-corrected chi connectivity index (χ0v) is 11.6. The van der Waals surface area contributed by atoms with Gasteiger partial charge >= 0.3 is 11.7 Å². The fourth-order valence-electron chi connectivity index (χ4n) is 2.01. The minimum atomic E-state index is -0.781. The van der Waals surface area contributed by atoms with E-state index in [1.54, 1.807) is 36.4 Å². The number of carbonyl (C=O) groups is 1. The van der Waals surface area contributed by atoms with Crippen LogP contribution in [0.15, 0.2) is 48.5 Å². The summed E-state index contributed by atoms with van der Waals surface area (Å²) in [6.45, 7) is 0. The number of nitro groups is 1. The zero-order valence-electron chi connectivity index (χ0n) is 11.6. The summed E-state index contributed by atoms with van der Waals surface area (Å²) >= 11 is 0. The predicted octanol–water partition coefficient (Wildman–Crippen LogP) is 2.45. The van der Waals surface area contributed by atoms with Crippen molar-refractivity contribution in [3.05, 3.63) is 69.7 Å². The lowest BCUT2D eigenvalue weighted by Crippen LogP contribution is -2.19. The highest BCUT2D eigenvalue weighted by molar-refractivity contribution is 6.42. The monoisotopic (exact) mass is 297 g/mol. The van der Waals surface area contributed by atoms with Crippen LogP contribution in [-0.4, -0.2) is 28.5 Å². The van der Waals surface area contributed by atoms with E-state index in [1.807, 2.05) is 0 Å². The second-order valence-electron chi connectivity index (χ2n) is 4.29. The van der Waals surface area contributed by atoms with Crippen LogP contribution in [-0.2, 0) is 9.53 Å². The Morgan fingerprint density at radius 3 is 2.36 bits per heavy atom. The van der Waals surface area contributed by atoms with Crippen LogP contribution >= 0.6 is 0 Å². The summed E-state index contributed by atoms with van der Waals surface area (Å²) in [5.41, 5.74) is 10.4. The molecule has 2 aromatic rings. The molecule has 0 fully saturated rings. The van der Waals surface area contributed by atoms with Crippen molar-refractivity contribution < 1.29 is 19.2 Å². The average molecular weight is 297 g/mol. The third-order valence-electron chi connectivity index (χ3n) is 3.05. The summed E-state index contributed by atoms with van der Waals surface area (Å²) in [7, 11) is 1.18. The molecule has 0 amide bonds. The summed E-state index contributed by atoms with van der Waals surface area (Å²) in [5.74, 6) is -0.781. The van der Waals surface area contributed by atoms with Crippen molar-refractivity contribution in [3.8, 4) is 11.1 Å². The zero-order chi connectivity index (χ0) is 16.1. The molecule has 0 atom stereocenters. The highest BCUT2D eigenvalue weighted by Gasteiger charge is 2.26. The van der Waals surface area contributed by atoms with Gasteiger partial charge in [-0.3, -0.25) is 10.1 Å². The first-order chi connectivity index (χ1) is 10.6. The molecule has 7 nitrogen and oxygen atoms in total. The van der Waals surface area contributed by atoms with E-state index in [-0.39, 0.29) is 11.4 Å². The van der Waals surface area contributed by atoms with Gasteiger partial charge in [0.2, 0.25) is 0 Å². The van der Waals surface area contributed by atoms with Crippen LogP contribution in [0.5, 0.6) is 0 Å². The maximum Gasteiger partial charge on any atom is 0.422 e. The lowest BCUT2D eigenvalue weighted by molar-refractivity contribution is -0.384. The van der Waals surface area contributed by atoms with Crippen LogP contribution in [0.3, 0.4) is 0 Å². The Labute approximate surface area is 125 Å². The van der Waals surface area contributed by atoms with Crippen LogP contribution in [0.4, 0.5) is 5.69 Å². The SMILES string of the molecule is COC(=O)C(=[N+]=[N-])c1ccccc1-c1ccc([N+](=O)[O-])cc1. The van der Waals surface area contributed by atoms with Gasteiger partial charge in [-0.2, -0.15) is 4.79 Å². The molecule has 0 unspecified atom stereocenters. The molecule has 22 heavy (non-hydrogen) atoms. The van der Waals surface area contributed by atoms with Crippen LogP contribution in [0, 0.1) is 10.1 Å². The Morgan fingerprint density at radius 2 is 1.82 bits per heavy atom. The van der Waals surface area contributed by atoms with E-state index < -0.39 is 10.9 Å². The third-order valence-corrected chi connectivity index (χ3v) is 3.05. The summed E-state index contributed by atoms with van der Waals surface area (Å²) < 4.78 is 4.58. The number of carbonyl (C=O) groups excluding carboxylic acids is 1. The first-order valence-corrected chi connectivity index (χ1v) is 6.23. The molecule has 0 aliphatic carbocycles. The van der Waals surface area contributed by atoms with Gasteiger partial charge in [-0.25, -0.2) is 4.79 Å². The van der Waals surface area contributed by atoms with Crippen LogP contribution < -0.4 is 0 Å². The van der Waals surface area contributed by atoms with Gasteiger partial charge in [-0.05, 0) is 29.3 Å². The molecule has 0 N–H and O–H groups in total. The van der Waals surface area contributed by atoms with Crippen LogP contribution in [0.25, 0.3) is 16.7 Å². The van der Waals surface area contributed by atoms with Gasteiger partial charge in [0.05, 0.1) is 17.6 Å². The Kier molecular flexibility index (Phi) is 4.41.